The second kappa shape index (κ2) is 3.28. The van der Waals surface area contributed by atoms with Crippen LogP contribution in [0.15, 0.2) is 4.52 Å². The topological polar surface area (TPSA) is 71.2 Å². The monoisotopic (exact) mass is 209 g/mol. The highest BCUT2D eigenvalue weighted by atomic mass is 16.5. The van der Waals surface area contributed by atoms with E-state index in [0.29, 0.717) is 30.7 Å². The van der Waals surface area contributed by atoms with Crippen molar-refractivity contribution in [3.05, 3.63) is 11.7 Å². The van der Waals surface area contributed by atoms with Crippen molar-refractivity contribution in [2.24, 2.45) is 5.92 Å². The summed E-state index contributed by atoms with van der Waals surface area (Å²) in [7, 11) is 0. The molecule has 5 heteroatoms. The Balaban J connectivity index is 1.73. The number of hydrogen-bond donors (Lipinski definition) is 2. The van der Waals surface area contributed by atoms with Gasteiger partial charge in [0.05, 0.1) is 12.1 Å². The van der Waals surface area contributed by atoms with E-state index >= 15 is 0 Å². The second-order valence-electron chi connectivity index (χ2n) is 4.66. The lowest BCUT2D eigenvalue weighted by Gasteiger charge is -2.01. The lowest BCUT2D eigenvalue weighted by Crippen LogP contribution is -2.15. The highest BCUT2D eigenvalue weighted by Crippen LogP contribution is 2.45. The van der Waals surface area contributed by atoms with Gasteiger partial charge in [-0.2, -0.15) is 4.98 Å². The number of hydrogen-bond acceptors (Lipinski definition) is 5. The van der Waals surface area contributed by atoms with Crippen LogP contribution in [0.4, 0.5) is 0 Å². The maximum atomic E-state index is 9.38. The summed E-state index contributed by atoms with van der Waals surface area (Å²) in [4.78, 5) is 4.39. The first-order valence-electron chi connectivity index (χ1n) is 5.49. The van der Waals surface area contributed by atoms with Crippen LogP contribution in [0.3, 0.4) is 0 Å². The minimum atomic E-state index is -0.287. The third-order valence-corrected chi connectivity index (χ3v) is 3.30. The number of aromatic nitrogens is 2. The Morgan fingerprint density at radius 3 is 2.87 bits per heavy atom. The average Bonchev–Trinajstić information content (AvgIpc) is 2.71. The fourth-order valence-electron chi connectivity index (χ4n) is 2.13. The highest BCUT2D eigenvalue weighted by molar-refractivity contribution is 5.09. The molecule has 0 aromatic carbocycles. The van der Waals surface area contributed by atoms with Crippen molar-refractivity contribution in [2.45, 2.75) is 37.8 Å². The molecule has 1 aromatic heterocycles. The number of aliphatic hydroxyl groups is 1. The molecular weight excluding hydrogens is 194 g/mol. The lowest BCUT2D eigenvalue weighted by molar-refractivity contribution is 0.191. The van der Waals surface area contributed by atoms with E-state index in [4.69, 9.17) is 4.52 Å². The van der Waals surface area contributed by atoms with E-state index in [9.17, 15) is 5.11 Å². The van der Waals surface area contributed by atoms with Crippen molar-refractivity contribution in [2.75, 3.05) is 6.54 Å². The predicted molar refractivity (Wildman–Crippen MR) is 52.2 cm³/mol. The summed E-state index contributed by atoms with van der Waals surface area (Å²) >= 11 is 0. The first-order valence-corrected chi connectivity index (χ1v) is 5.49. The van der Waals surface area contributed by atoms with E-state index in [2.05, 4.69) is 22.4 Å². The summed E-state index contributed by atoms with van der Waals surface area (Å²) in [5.74, 6) is 2.65. The van der Waals surface area contributed by atoms with Gasteiger partial charge in [0.25, 0.3) is 0 Å². The molecule has 2 aliphatic rings. The Hall–Kier alpha value is -0.940. The van der Waals surface area contributed by atoms with Gasteiger partial charge in [-0.1, -0.05) is 12.1 Å². The van der Waals surface area contributed by atoms with Crippen molar-refractivity contribution in [3.63, 3.8) is 0 Å². The highest BCUT2D eigenvalue weighted by Gasteiger charge is 2.39. The molecule has 1 aliphatic carbocycles. The molecule has 15 heavy (non-hydrogen) atoms. The number of rotatable bonds is 2. The van der Waals surface area contributed by atoms with E-state index in [0.717, 1.165) is 5.82 Å². The van der Waals surface area contributed by atoms with Gasteiger partial charge in [-0.15, -0.1) is 0 Å². The van der Waals surface area contributed by atoms with Crippen LogP contribution < -0.4 is 5.32 Å². The average molecular weight is 209 g/mol. The summed E-state index contributed by atoms with van der Waals surface area (Å²) < 4.78 is 5.21. The third-order valence-electron chi connectivity index (χ3n) is 3.30. The minimum absolute atomic E-state index is 0.0373. The summed E-state index contributed by atoms with van der Waals surface area (Å²) in [6.07, 6.45) is 1.55. The molecule has 3 rings (SSSR count). The Morgan fingerprint density at radius 2 is 2.27 bits per heavy atom. The van der Waals surface area contributed by atoms with E-state index in [1.807, 2.05) is 0 Å². The molecule has 1 aromatic rings. The molecule has 2 heterocycles. The van der Waals surface area contributed by atoms with Gasteiger partial charge in [0.15, 0.2) is 5.82 Å². The molecule has 1 saturated carbocycles. The van der Waals surface area contributed by atoms with Gasteiger partial charge in [-0.05, 0) is 18.8 Å². The van der Waals surface area contributed by atoms with Crippen LogP contribution in [-0.2, 0) is 0 Å². The van der Waals surface area contributed by atoms with E-state index in [1.165, 1.54) is 6.42 Å². The van der Waals surface area contributed by atoms with Gasteiger partial charge in [0.1, 0.15) is 0 Å². The van der Waals surface area contributed by atoms with Crippen LogP contribution in [0.5, 0.6) is 0 Å². The molecule has 1 aliphatic heterocycles. The van der Waals surface area contributed by atoms with E-state index < -0.39 is 0 Å². The molecule has 2 fully saturated rings. The normalized spacial score (nSPS) is 39.6. The predicted octanol–water partition coefficient (Wildman–Crippen LogP) is 0.588. The fourth-order valence-corrected chi connectivity index (χ4v) is 2.13. The van der Waals surface area contributed by atoms with Crippen molar-refractivity contribution in [3.8, 4) is 0 Å². The molecule has 0 radical (unpaired) electrons. The van der Waals surface area contributed by atoms with Gasteiger partial charge in [0, 0.05) is 12.5 Å². The third kappa shape index (κ3) is 1.66. The van der Waals surface area contributed by atoms with Gasteiger partial charge in [-0.25, -0.2) is 0 Å². The molecule has 82 valence electrons. The molecule has 5 nitrogen and oxygen atoms in total. The molecule has 2 N–H and O–H groups in total. The largest absolute Gasteiger partial charge is 0.392 e. The first-order chi connectivity index (χ1) is 7.24. The zero-order valence-electron chi connectivity index (χ0n) is 8.68. The maximum absolute atomic E-state index is 9.38. The van der Waals surface area contributed by atoms with Gasteiger partial charge >= 0.3 is 0 Å². The van der Waals surface area contributed by atoms with Crippen LogP contribution in [0.25, 0.3) is 0 Å². The standard InChI is InChI=1S/C10H15N3O2/c1-5-2-7(5)9-12-10(15-13-9)8-3-6(14)4-11-8/h5-8,11,14H,2-4H2,1H3/t5?,6-,7?,8+/m1/s1. The van der Waals surface area contributed by atoms with Gasteiger partial charge < -0.3 is 14.9 Å². The molecule has 0 spiro atoms. The van der Waals surface area contributed by atoms with Crippen molar-refractivity contribution >= 4 is 0 Å². The number of nitrogens with zero attached hydrogens (tertiary/aromatic N) is 2. The first kappa shape index (κ1) is 9.30. The molecule has 2 unspecified atom stereocenters. The van der Waals surface area contributed by atoms with Crippen LogP contribution >= 0.6 is 0 Å². The Bertz CT molecular complexity index is 365. The molecule has 0 bridgehead atoms. The number of β-amino-alcohol motifs (C(OH)–C–C–N with tert-alkyl or cyclic N) is 1. The Kier molecular flexibility index (Phi) is 2.03. The maximum Gasteiger partial charge on any atom is 0.243 e. The van der Waals surface area contributed by atoms with Crippen LogP contribution in [-0.4, -0.2) is 27.9 Å². The zero-order chi connectivity index (χ0) is 10.4. The SMILES string of the molecule is CC1CC1c1noc([C@@H]2C[C@@H](O)CN2)n1. The number of aliphatic hydroxyl groups excluding tert-OH is 1. The Labute approximate surface area is 87.9 Å². The zero-order valence-corrected chi connectivity index (χ0v) is 8.68. The number of nitrogens with one attached hydrogen (secondary N) is 1. The lowest BCUT2D eigenvalue weighted by atomic mass is 10.2. The smallest absolute Gasteiger partial charge is 0.243 e. The Morgan fingerprint density at radius 1 is 1.47 bits per heavy atom. The van der Waals surface area contributed by atoms with E-state index in [-0.39, 0.29) is 12.1 Å². The summed E-state index contributed by atoms with van der Waals surface area (Å²) in [6.45, 7) is 2.81. The second-order valence-corrected chi connectivity index (χ2v) is 4.66. The van der Waals surface area contributed by atoms with Crippen molar-refractivity contribution in [1.82, 2.24) is 15.5 Å². The van der Waals surface area contributed by atoms with Crippen molar-refractivity contribution in [1.29, 1.82) is 0 Å². The summed E-state index contributed by atoms with van der Waals surface area (Å²) in [5.41, 5.74) is 0. The molecule has 0 amide bonds. The minimum Gasteiger partial charge on any atom is -0.392 e. The van der Waals surface area contributed by atoms with Crippen molar-refractivity contribution < 1.29 is 9.63 Å². The molecule has 1 saturated heterocycles. The van der Waals surface area contributed by atoms with Gasteiger partial charge in [0.2, 0.25) is 5.89 Å². The van der Waals surface area contributed by atoms with Gasteiger partial charge in [-0.3, -0.25) is 0 Å². The van der Waals surface area contributed by atoms with E-state index in [1.54, 1.807) is 0 Å². The summed E-state index contributed by atoms with van der Waals surface area (Å²) in [5, 5.41) is 16.5. The summed E-state index contributed by atoms with van der Waals surface area (Å²) in [6, 6.07) is 0.0373. The molecular formula is C10H15N3O2. The molecule has 4 atom stereocenters. The van der Waals surface area contributed by atoms with Crippen LogP contribution in [0.2, 0.25) is 0 Å². The quantitative estimate of drug-likeness (QED) is 0.745. The van der Waals surface area contributed by atoms with Crippen LogP contribution in [0.1, 0.15) is 43.4 Å². The fraction of sp³-hybridized carbons (Fsp3) is 0.800. The van der Waals surface area contributed by atoms with Crippen LogP contribution in [0, 0.1) is 5.92 Å².